The van der Waals surface area contributed by atoms with Gasteiger partial charge >= 0.3 is 5.97 Å². The van der Waals surface area contributed by atoms with Crippen molar-refractivity contribution in [1.82, 2.24) is 9.97 Å². The number of aromatic nitrogens is 2. The fraction of sp³-hybridized carbons (Fsp3) is 0.294. The number of oxazole rings is 1. The van der Waals surface area contributed by atoms with Crippen molar-refractivity contribution in [1.29, 1.82) is 0 Å². The molecule has 1 aliphatic rings. The quantitative estimate of drug-likeness (QED) is 0.845. The van der Waals surface area contributed by atoms with Gasteiger partial charge in [0.05, 0.1) is 19.1 Å². The van der Waals surface area contributed by atoms with Gasteiger partial charge in [0.2, 0.25) is 5.89 Å². The van der Waals surface area contributed by atoms with Gasteiger partial charge in [-0.15, -0.1) is 0 Å². The molecular weight excluding hydrogens is 332 g/mol. The van der Waals surface area contributed by atoms with Crippen molar-refractivity contribution in [3.05, 3.63) is 52.7 Å². The Kier molecular flexibility index (Phi) is 4.49. The van der Waals surface area contributed by atoms with Gasteiger partial charge in [0.25, 0.3) is 0 Å². The Bertz CT molecular complexity index is 818. The van der Waals surface area contributed by atoms with E-state index in [1.807, 2.05) is 26.0 Å². The molecule has 0 fully saturated rings. The van der Waals surface area contributed by atoms with Crippen LogP contribution in [-0.2, 0) is 14.3 Å². The maximum absolute atomic E-state index is 11.7. The Morgan fingerprint density at radius 2 is 2.25 bits per heavy atom. The van der Waals surface area contributed by atoms with Gasteiger partial charge < -0.3 is 18.9 Å². The van der Waals surface area contributed by atoms with Crippen LogP contribution >= 0.6 is 11.6 Å². The van der Waals surface area contributed by atoms with Gasteiger partial charge in [-0.1, -0.05) is 18.5 Å². The van der Waals surface area contributed by atoms with E-state index in [1.165, 1.54) is 19.4 Å². The number of hydrogen-bond acceptors (Lipinski definition) is 5. The number of cyclic esters (lactones) is 1. The zero-order chi connectivity index (χ0) is 17.3. The third-order valence-corrected chi connectivity index (χ3v) is 4.06. The third kappa shape index (κ3) is 3.23. The average molecular weight is 349 g/mol. The van der Waals surface area contributed by atoms with Crippen LogP contribution in [0, 0.1) is 5.92 Å². The fourth-order valence-corrected chi connectivity index (χ4v) is 2.75. The number of carbonyl (C=O) groups excluding carboxylic acids is 1. The van der Waals surface area contributed by atoms with E-state index >= 15 is 0 Å². The highest BCUT2D eigenvalue weighted by Crippen LogP contribution is 2.35. The number of halogens is 1. The van der Waals surface area contributed by atoms with E-state index < -0.39 is 12.1 Å². The van der Waals surface area contributed by atoms with E-state index in [9.17, 15) is 4.79 Å². The van der Waals surface area contributed by atoms with Crippen LogP contribution in [0.25, 0.3) is 11.6 Å². The molecule has 2 aromatic rings. The third-order valence-electron chi connectivity index (χ3n) is 3.84. The van der Waals surface area contributed by atoms with Crippen molar-refractivity contribution in [2.24, 2.45) is 5.92 Å². The standard InChI is InChI=1S/C17H17ClN2O4/c1-9(6-11-4-5-14(18)19-11)17-20-12(8-23-17)16-10(2)13(22-3)7-15(21)24-16/h4-8,10,16,19H,1-3H3/b9-6+/t10-,16+/m0/s1. The number of H-pyrrole nitrogens is 1. The number of methoxy groups -OCH3 is 1. The Morgan fingerprint density at radius 1 is 1.46 bits per heavy atom. The van der Waals surface area contributed by atoms with Crippen LogP contribution in [0.3, 0.4) is 0 Å². The Hall–Kier alpha value is -2.47. The molecule has 0 saturated heterocycles. The van der Waals surface area contributed by atoms with Crippen LogP contribution < -0.4 is 0 Å². The highest BCUT2D eigenvalue weighted by molar-refractivity contribution is 6.29. The van der Waals surface area contributed by atoms with Gasteiger partial charge in [0.1, 0.15) is 22.9 Å². The number of carbonyl (C=O) groups is 1. The number of hydrogen-bond donors (Lipinski definition) is 1. The van der Waals surface area contributed by atoms with E-state index in [-0.39, 0.29) is 5.92 Å². The minimum absolute atomic E-state index is 0.142. The highest BCUT2D eigenvalue weighted by atomic mass is 35.5. The van der Waals surface area contributed by atoms with Crippen LogP contribution in [0.5, 0.6) is 0 Å². The topological polar surface area (TPSA) is 77.4 Å². The number of aromatic amines is 1. The normalized spacial score (nSPS) is 21.4. The zero-order valence-corrected chi connectivity index (χ0v) is 14.3. The number of nitrogens with one attached hydrogen (secondary N) is 1. The van der Waals surface area contributed by atoms with Crippen molar-refractivity contribution in [2.45, 2.75) is 20.0 Å². The molecule has 1 aliphatic heterocycles. The summed E-state index contributed by atoms with van der Waals surface area (Å²) in [5.41, 5.74) is 2.21. The van der Waals surface area contributed by atoms with Crippen molar-refractivity contribution in [3.63, 3.8) is 0 Å². The molecule has 1 N–H and O–H groups in total. The summed E-state index contributed by atoms with van der Waals surface area (Å²) in [6.07, 6.45) is 4.19. The number of rotatable bonds is 4. The molecule has 7 heteroatoms. The lowest BCUT2D eigenvalue weighted by molar-refractivity contribution is -0.149. The molecule has 2 aromatic heterocycles. The molecule has 0 saturated carbocycles. The molecule has 6 nitrogen and oxygen atoms in total. The van der Waals surface area contributed by atoms with Gasteiger partial charge in [-0.25, -0.2) is 9.78 Å². The molecule has 2 atom stereocenters. The first-order chi connectivity index (χ1) is 11.5. The first-order valence-corrected chi connectivity index (χ1v) is 7.80. The molecule has 0 radical (unpaired) electrons. The molecule has 0 aliphatic carbocycles. The molecule has 3 rings (SSSR count). The SMILES string of the molecule is COC1=CC(=O)O[C@@H](c2coc(/C(C)=C/c3ccc(Cl)[nH]3)n2)[C@H]1C. The molecule has 126 valence electrons. The summed E-state index contributed by atoms with van der Waals surface area (Å²) in [4.78, 5) is 19.1. The molecule has 0 unspecified atom stereocenters. The Morgan fingerprint density at radius 3 is 2.92 bits per heavy atom. The van der Waals surface area contributed by atoms with Gasteiger partial charge in [0.15, 0.2) is 6.10 Å². The van der Waals surface area contributed by atoms with Crippen molar-refractivity contribution in [2.75, 3.05) is 7.11 Å². The second-order valence-electron chi connectivity index (χ2n) is 5.56. The van der Waals surface area contributed by atoms with Crippen molar-refractivity contribution >= 4 is 29.2 Å². The predicted octanol–water partition coefficient (Wildman–Crippen LogP) is 3.98. The lowest BCUT2D eigenvalue weighted by Crippen LogP contribution is -2.25. The lowest BCUT2D eigenvalue weighted by Gasteiger charge is -2.26. The van der Waals surface area contributed by atoms with Crippen LogP contribution in [-0.4, -0.2) is 23.0 Å². The molecule has 0 amide bonds. The molecule has 24 heavy (non-hydrogen) atoms. The van der Waals surface area contributed by atoms with Gasteiger partial charge in [0, 0.05) is 11.3 Å². The van der Waals surface area contributed by atoms with Crippen LogP contribution in [0.2, 0.25) is 5.15 Å². The van der Waals surface area contributed by atoms with E-state index in [1.54, 1.807) is 6.07 Å². The summed E-state index contributed by atoms with van der Waals surface area (Å²) in [5, 5.41) is 0.559. The molecular formula is C17H17ClN2O4. The van der Waals surface area contributed by atoms with E-state index in [4.69, 9.17) is 25.5 Å². The summed E-state index contributed by atoms with van der Waals surface area (Å²) >= 11 is 5.86. The molecule has 0 bridgehead atoms. The van der Waals surface area contributed by atoms with Crippen molar-refractivity contribution in [3.8, 4) is 0 Å². The number of nitrogens with zero attached hydrogens (tertiary/aromatic N) is 1. The molecule has 0 spiro atoms. The molecule has 0 aromatic carbocycles. The predicted molar refractivity (Wildman–Crippen MR) is 88.9 cm³/mol. The van der Waals surface area contributed by atoms with Crippen LogP contribution in [0.4, 0.5) is 0 Å². The van der Waals surface area contributed by atoms with Crippen LogP contribution in [0.15, 0.2) is 34.6 Å². The summed E-state index contributed by atoms with van der Waals surface area (Å²) < 4.78 is 16.1. The highest BCUT2D eigenvalue weighted by Gasteiger charge is 2.34. The first kappa shape index (κ1) is 16.4. The van der Waals surface area contributed by atoms with E-state index in [0.29, 0.717) is 22.5 Å². The molecule has 3 heterocycles. The van der Waals surface area contributed by atoms with Crippen molar-refractivity contribution < 1.29 is 18.7 Å². The minimum atomic E-state index is -0.539. The second kappa shape index (κ2) is 6.57. The maximum Gasteiger partial charge on any atom is 0.334 e. The largest absolute Gasteiger partial charge is 0.500 e. The van der Waals surface area contributed by atoms with E-state index in [0.717, 1.165) is 11.3 Å². The van der Waals surface area contributed by atoms with Gasteiger partial charge in [-0.2, -0.15) is 0 Å². The number of allylic oxidation sites excluding steroid dienone is 1. The summed E-state index contributed by atoms with van der Waals surface area (Å²) in [5.74, 6) is 0.423. The Balaban J connectivity index is 1.84. The van der Waals surface area contributed by atoms with Gasteiger partial charge in [-0.3, -0.25) is 0 Å². The fourth-order valence-electron chi connectivity index (χ4n) is 2.58. The number of ether oxygens (including phenoxy) is 2. The van der Waals surface area contributed by atoms with E-state index in [2.05, 4.69) is 9.97 Å². The van der Waals surface area contributed by atoms with Gasteiger partial charge in [-0.05, 0) is 25.1 Å². The Labute approximate surface area is 144 Å². The summed E-state index contributed by atoms with van der Waals surface area (Å²) in [6, 6.07) is 3.62. The lowest BCUT2D eigenvalue weighted by atomic mass is 9.97. The minimum Gasteiger partial charge on any atom is -0.500 e. The average Bonchev–Trinajstić information content (AvgIpc) is 3.18. The second-order valence-corrected chi connectivity index (χ2v) is 5.97. The smallest absolute Gasteiger partial charge is 0.334 e. The zero-order valence-electron chi connectivity index (χ0n) is 13.5. The number of esters is 1. The monoisotopic (exact) mass is 348 g/mol. The summed E-state index contributed by atoms with van der Waals surface area (Å²) in [6.45, 7) is 3.78. The first-order valence-electron chi connectivity index (χ1n) is 7.42. The van der Waals surface area contributed by atoms with Crippen LogP contribution in [0.1, 0.15) is 37.2 Å². The maximum atomic E-state index is 11.7. The summed E-state index contributed by atoms with van der Waals surface area (Å²) in [7, 11) is 1.53.